The van der Waals surface area contributed by atoms with Crippen LogP contribution in [-0.4, -0.2) is 52.9 Å². The van der Waals surface area contributed by atoms with Gasteiger partial charge in [0, 0.05) is 31.8 Å². The van der Waals surface area contributed by atoms with Gasteiger partial charge in [-0.15, -0.1) is 0 Å². The van der Waals surface area contributed by atoms with E-state index in [0.29, 0.717) is 25.3 Å². The number of aliphatic hydroxyl groups is 1. The van der Waals surface area contributed by atoms with Gasteiger partial charge in [-0.1, -0.05) is 0 Å². The second-order valence-corrected chi connectivity index (χ2v) is 4.09. The number of morpholine rings is 1. The minimum atomic E-state index is -0.777. The molecule has 2 rings (SSSR count). The van der Waals surface area contributed by atoms with Gasteiger partial charge in [0.2, 0.25) is 0 Å². The molecule has 6 heteroatoms. The molecule has 1 saturated heterocycles. The summed E-state index contributed by atoms with van der Waals surface area (Å²) in [5, 5.41) is 19.2. The Hall–Kier alpha value is -1.37. The number of rotatable bonds is 3. The summed E-state index contributed by atoms with van der Waals surface area (Å²) in [5.74, 6) is -0.228. The molecule has 0 radical (unpaired) electrons. The molecule has 1 aliphatic rings. The van der Waals surface area contributed by atoms with Crippen molar-refractivity contribution in [1.29, 1.82) is 0 Å². The van der Waals surface area contributed by atoms with Crippen LogP contribution in [0.15, 0.2) is 16.9 Å². The highest BCUT2D eigenvalue weighted by molar-refractivity contribution is 5.21. The number of nitrogens with zero attached hydrogens (tertiary/aromatic N) is 1. The number of aromatic hydroxyl groups is 1. The zero-order chi connectivity index (χ0) is 12.3. The maximum Gasteiger partial charge on any atom is 0.251 e. The summed E-state index contributed by atoms with van der Waals surface area (Å²) in [6.07, 6.45) is -0.777. The molecule has 1 fully saturated rings. The Kier molecular flexibility index (Phi) is 3.78. The summed E-state index contributed by atoms with van der Waals surface area (Å²) >= 11 is 0. The summed E-state index contributed by atoms with van der Waals surface area (Å²) in [7, 11) is 0. The fourth-order valence-electron chi connectivity index (χ4n) is 1.88. The van der Waals surface area contributed by atoms with Crippen molar-refractivity contribution in [3.63, 3.8) is 0 Å². The maximum absolute atomic E-state index is 11.1. The van der Waals surface area contributed by atoms with E-state index >= 15 is 0 Å². The second kappa shape index (κ2) is 5.31. The number of hydrogen-bond donors (Lipinski definition) is 3. The van der Waals surface area contributed by atoms with Crippen LogP contribution in [0.25, 0.3) is 0 Å². The van der Waals surface area contributed by atoms with Gasteiger partial charge in [0.25, 0.3) is 5.56 Å². The largest absolute Gasteiger partial charge is 0.495 e. The Bertz CT molecular complexity index is 426. The summed E-state index contributed by atoms with van der Waals surface area (Å²) in [6, 6.07) is 2.66. The predicted octanol–water partition coefficient (Wildman–Crippen LogP) is -0.554. The third-order valence-corrected chi connectivity index (χ3v) is 2.77. The number of aromatic amines is 1. The number of aromatic nitrogens is 1. The highest BCUT2D eigenvalue weighted by atomic mass is 16.5. The summed E-state index contributed by atoms with van der Waals surface area (Å²) in [4.78, 5) is 15.4. The molecule has 1 aliphatic heterocycles. The minimum Gasteiger partial charge on any atom is -0.495 e. The molecule has 0 bridgehead atoms. The Balaban J connectivity index is 2.03. The number of β-amino-alcohol motifs (C(OH)–C–C–N with tert-alkyl or cyclic N) is 1. The highest BCUT2D eigenvalue weighted by Gasteiger charge is 2.16. The Morgan fingerprint density at radius 3 is 2.76 bits per heavy atom. The van der Waals surface area contributed by atoms with Crippen molar-refractivity contribution in [3.05, 3.63) is 28.0 Å². The van der Waals surface area contributed by atoms with Gasteiger partial charge in [-0.05, 0) is 5.56 Å². The first-order valence-electron chi connectivity index (χ1n) is 5.56. The van der Waals surface area contributed by atoms with Crippen LogP contribution in [0.2, 0.25) is 0 Å². The van der Waals surface area contributed by atoms with E-state index in [0.717, 1.165) is 13.1 Å². The summed E-state index contributed by atoms with van der Waals surface area (Å²) in [5.41, 5.74) is 0.0127. The fourth-order valence-corrected chi connectivity index (χ4v) is 1.88. The number of ether oxygens (including phenoxy) is 1. The van der Waals surface area contributed by atoms with Crippen LogP contribution in [0, 0.1) is 0 Å². The molecule has 6 nitrogen and oxygen atoms in total. The molecule has 1 unspecified atom stereocenters. The quantitative estimate of drug-likeness (QED) is 0.660. The third-order valence-electron chi connectivity index (χ3n) is 2.77. The normalized spacial score (nSPS) is 19.1. The Morgan fingerprint density at radius 2 is 2.12 bits per heavy atom. The highest BCUT2D eigenvalue weighted by Crippen LogP contribution is 2.16. The van der Waals surface area contributed by atoms with E-state index < -0.39 is 11.7 Å². The lowest BCUT2D eigenvalue weighted by Gasteiger charge is -2.28. The molecule has 1 atom stereocenters. The molecule has 1 aromatic heterocycles. The second-order valence-electron chi connectivity index (χ2n) is 4.09. The van der Waals surface area contributed by atoms with Crippen LogP contribution in [0.4, 0.5) is 0 Å². The van der Waals surface area contributed by atoms with Crippen LogP contribution >= 0.6 is 0 Å². The van der Waals surface area contributed by atoms with Gasteiger partial charge >= 0.3 is 0 Å². The zero-order valence-electron chi connectivity index (χ0n) is 9.43. The molecule has 0 aliphatic carbocycles. The smallest absolute Gasteiger partial charge is 0.251 e. The fraction of sp³-hybridized carbons (Fsp3) is 0.545. The van der Waals surface area contributed by atoms with Gasteiger partial charge in [0.1, 0.15) is 0 Å². The first-order valence-corrected chi connectivity index (χ1v) is 5.56. The molecule has 1 aromatic rings. The van der Waals surface area contributed by atoms with Gasteiger partial charge < -0.3 is 14.9 Å². The minimum absolute atomic E-state index is 0.228. The topological polar surface area (TPSA) is 85.8 Å². The Labute approximate surface area is 98.5 Å². The van der Waals surface area contributed by atoms with Crippen molar-refractivity contribution < 1.29 is 14.9 Å². The number of aliphatic hydroxyl groups excluding tert-OH is 1. The average Bonchev–Trinajstić information content (AvgIpc) is 2.29. The van der Waals surface area contributed by atoms with E-state index in [1.165, 1.54) is 12.1 Å². The lowest BCUT2D eigenvalue weighted by Crippen LogP contribution is -2.38. The predicted molar refractivity (Wildman–Crippen MR) is 60.9 cm³/mol. The molecule has 2 heterocycles. The van der Waals surface area contributed by atoms with E-state index in [1.54, 1.807) is 0 Å². The summed E-state index contributed by atoms with van der Waals surface area (Å²) in [6.45, 7) is 3.30. The molecule has 0 amide bonds. The molecule has 0 saturated carbocycles. The molecular formula is C11H16N2O4. The first kappa shape index (κ1) is 12.1. The average molecular weight is 240 g/mol. The van der Waals surface area contributed by atoms with Crippen LogP contribution < -0.4 is 5.56 Å². The van der Waals surface area contributed by atoms with E-state index in [2.05, 4.69) is 9.88 Å². The van der Waals surface area contributed by atoms with Crippen molar-refractivity contribution >= 4 is 0 Å². The SMILES string of the molecule is O=c1cc(C(O)CN2CCOCC2)cc(O)[nH]1. The molecule has 3 N–H and O–H groups in total. The number of H-pyrrole nitrogens is 1. The van der Waals surface area contributed by atoms with E-state index in [9.17, 15) is 15.0 Å². The van der Waals surface area contributed by atoms with Crippen molar-refractivity contribution in [3.8, 4) is 5.88 Å². The van der Waals surface area contributed by atoms with E-state index in [1.807, 2.05) is 0 Å². The molecular weight excluding hydrogens is 224 g/mol. The maximum atomic E-state index is 11.1. The van der Waals surface area contributed by atoms with Gasteiger partial charge in [0.15, 0.2) is 5.88 Å². The van der Waals surface area contributed by atoms with E-state index in [-0.39, 0.29) is 5.88 Å². The standard InChI is InChI=1S/C11H16N2O4/c14-9(7-13-1-3-17-4-2-13)8-5-10(15)12-11(16)6-8/h5-6,9,14H,1-4,7H2,(H2,12,15,16). The molecule has 94 valence electrons. The summed E-state index contributed by atoms with van der Waals surface area (Å²) < 4.78 is 5.21. The van der Waals surface area contributed by atoms with Gasteiger partial charge in [-0.25, -0.2) is 0 Å². The first-order chi connectivity index (χ1) is 8.15. The van der Waals surface area contributed by atoms with Crippen LogP contribution in [-0.2, 0) is 4.74 Å². The van der Waals surface area contributed by atoms with Gasteiger partial charge in [0.05, 0.1) is 19.3 Å². The van der Waals surface area contributed by atoms with Gasteiger partial charge in [-0.3, -0.25) is 14.7 Å². The van der Waals surface area contributed by atoms with Crippen LogP contribution in [0.1, 0.15) is 11.7 Å². The van der Waals surface area contributed by atoms with Gasteiger partial charge in [-0.2, -0.15) is 0 Å². The third kappa shape index (κ3) is 3.29. The number of nitrogens with one attached hydrogen (secondary N) is 1. The van der Waals surface area contributed by atoms with Crippen molar-refractivity contribution in [2.75, 3.05) is 32.8 Å². The lowest BCUT2D eigenvalue weighted by molar-refractivity contribution is 0.0142. The number of hydrogen-bond acceptors (Lipinski definition) is 5. The van der Waals surface area contributed by atoms with Crippen LogP contribution in [0.5, 0.6) is 5.88 Å². The zero-order valence-corrected chi connectivity index (χ0v) is 9.43. The molecule has 17 heavy (non-hydrogen) atoms. The molecule has 0 spiro atoms. The van der Waals surface area contributed by atoms with Crippen molar-refractivity contribution in [2.45, 2.75) is 6.10 Å². The van der Waals surface area contributed by atoms with Crippen molar-refractivity contribution in [2.24, 2.45) is 0 Å². The monoisotopic (exact) mass is 240 g/mol. The Morgan fingerprint density at radius 1 is 1.41 bits per heavy atom. The van der Waals surface area contributed by atoms with Crippen LogP contribution in [0.3, 0.4) is 0 Å². The molecule has 0 aromatic carbocycles. The number of pyridine rings is 1. The van der Waals surface area contributed by atoms with E-state index in [4.69, 9.17) is 4.74 Å². The van der Waals surface area contributed by atoms with Crippen molar-refractivity contribution in [1.82, 2.24) is 9.88 Å². The lowest BCUT2D eigenvalue weighted by atomic mass is 10.1.